The number of hydrazine groups is 1. The summed E-state index contributed by atoms with van der Waals surface area (Å²) in [6.07, 6.45) is -0.299. The number of carbonyl (C=O) groups is 2. The van der Waals surface area contributed by atoms with Gasteiger partial charge >= 0.3 is 7.12 Å². The molecule has 3 atom stereocenters. The molecule has 6 N–H and O–H groups in total. The molecule has 2 heterocycles. The smallest absolute Gasteiger partial charge is 0.489 e. The fourth-order valence-corrected chi connectivity index (χ4v) is 6.27. The maximum atomic E-state index is 13.3. The van der Waals surface area contributed by atoms with Crippen LogP contribution in [0.2, 0.25) is 5.02 Å². The minimum atomic E-state index is -1.64. The molecular weight excluding hydrogens is 631 g/mol. The van der Waals surface area contributed by atoms with Gasteiger partial charge in [-0.25, -0.2) is 10.9 Å². The average Bonchev–Trinajstić information content (AvgIpc) is 3.43. The lowest BCUT2D eigenvalue weighted by molar-refractivity contribution is -0.121. The Labute approximate surface area is 284 Å². The second-order valence-electron chi connectivity index (χ2n) is 11.6. The van der Waals surface area contributed by atoms with Crippen molar-refractivity contribution < 1.29 is 24.4 Å². The van der Waals surface area contributed by atoms with Crippen LogP contribution in [0.4, 0.5) is 5.69 Å². The molecule has 6 rings (SSSR count). The third-order valence-electron chi connectivity index (χ3n) is 8.47. The Balaban J connectivity index is 1.14. The van der Waals surface area contributed by atoms with E-state index in [2.05, 4.69) is 26.4 Å². The largest absolute Gasteiger partial charge is 0.497 e. The van der Waals surface area contributed by atoms with Crippen molar-refractivity contribution in [3.63, 3.8) is 0 Å². The highest BCUT2D eigenvalue weighted by Gasteiger charge is 2.40. The molecule has 1 fully saturated rings. The van der Waals surface area contributed by atoms with Gasteiger partial charge in [-0.05, 0) is 66.0 Å². The monoisotopic (exact) mass is 666 g/mol. The van der Waals surface area contributed by atoms with Crippen molar-refractivity contribution in [1.29, 1.82) is 0 Å². The number of aliphatic imine (C=N–C) groups is 1. The van der Waals surface area contributed by atoms with E-state index in [0.717, 1.165) is 22.5 Å². The number of benzene rings is 4. The van der Waals surface area contributed by atoms with E-state index >= 15 is 0 Å². The average molecular weight is 667 g/mol. The highest BCUT2D eigenvalue weighted by molar-refractivity contribution is 6.60. The third kappa shape index (κ3) is 7.08. The van der Waals surface area contributed by atoms with Crippen LogP contribution in [0, 0.1) is 0 Å². The number of hydrogen-bond acceptors (Lipinski definition) is 9. The zero-order chi connectivity index (χ0) is 33.8. The van der Waals surface area contributed by atoms with Gasteiger partial charge in [-0.15, -0.1) is 0 Å². The number of carbonyl (C=O) groups excluding carboxylic acids is 2. The van der Waals surface area contributed by atoms with Gasteiger partial charge in [0.05, 0.1) is 31.4 Å². The number of amides is 2. The molecule has 2 amide bonds. The van der Waals surface area contributed by atoms with E-state index in [0.29, 0.717) is 32.9 Å². The summed E-state index contributed by atoms with van der Waals surface area (Å²) in [6, 6.07) is 26.7. The Morgan fingerprint density at radius 2 is 1.69 bits per heavy atom. The lowest BCUT2D eigenvalue weighted by Gasteiger charge is -2.31. The highest BCUT2D eigenvalue weighted by atomic mass is 35.5. The van der Waals surface area contributed by atoms with Gasteiger partial charge in [0.15, 0.2) is 0 Å². The number of ether oxygens (including phenoxy) is 1. The molecule has 0 bridgehead atoms. The van der Waals surface area contributed by atoms with Gasteiger partial charge in [-0.2, -0.15) is 0 Å². The maximum Gasteiger partial charge on any atom is 0.489 e. The molecule has 2 aliphatic rings. The van der Waals surface area contributed by atoms with Gasteiger partial charge in [-0.1, -0.05) is 60.1 Å². The van der Waals surface area contributed by atoms with Crippen molar-refractivity contribution in [3.05, 3.63) is 113 Å². The molecule has 4 aromatic carbocycles. The molecule has 1 saturated heterocycles. The molecule has 2 unspecified atom stereocenters. The zero-order valence-electron chi connectivity index (χ0n) is 26.5. The van der Waals surface area contributed by atoms with Crippen molar-refractivity contribution in [2.75, 3.05) is 25.1 Å². The summed E-state index contributed by atoms with van der Waals surface area (Å²) in [6.45, 7) is 2.47. The SMILES string of the molecule is COc1ccc2c(c1)C(c1ccc(Cl)cc1)=N[C@@H](CC(=O)NCCNC(=O)c1cccc(-c3ccccc3B(O)O)c1)C1NNC(C)N21. The number of nitrogens with one attached hydrogen (secondary N) is 4. The molecule has 48 heavy (non-hydrogen) atoms. The molecule has 0 spiro atoms. The molecule has 0 aromatic heterocycles. The van der Waals surface area contributed by atoms with Crippen LogP contribution in [-0.4, -0.2) is 73.3 Å². The molecule has 246 valence electrons. The number of fused-ring (bicyclic) bond motifs is 3. The van der Waals surface area contributed by atoms with E-state index in [4.69, 9.17) is 21.3 Å². The van der Waals surface area contributed by atoms with Crippen molar-refractivity contribution in [3.8, 4) is 16.9 Å². The van der Waals surface area contributed by atoms with Crippen LogP contribution in [0.25, 0.3) is 11.1 Å². The first-order valence-electron chi connectivity index (χ1n) is 15.7. The van der Waals surface area contributed by atoms with E-state index in [1.165, 1.54) is 0 Å². The first-order valence-corrected chi connectivity index (χ1v) is 16.0. The van der Waals surface area contributed by atoms with Crippen LogP contribution in [0.1, 0.15) is 34.8 Å². The summed E-state index contributed by atoms with van der Waals surface area (Å²) in [5.74, 6) is 0.172. The topological polar surface area (TPSA) is 148 Å². The third-order valence-corrected chi connectivity index (χ3v) is 8.73. The minimum Gasteiger partial charge on any atom is -0.497 e. The summed E-state index contributed by atoms with van der Waals surface area (Å²) >= 11 is 6.21. The molecule has 2 aliphatic heterocycles. The van der Waals surface area contributed by atoms with E-state index in [1.54, 1.807) is 55.6 Å². The maximum absolute atomic E-state index is 13.3. The Hall–Kier alpha value is -4.72. The van der Waals surface area contributed by atoms with Crippen LogP contribution in [0.5, 0.6) is 5.75 Å². The van der Waals surface area contributed by atoms with Crippen LogP contribution in [-0.2, 0) is 4.79 Å². The first-order chi connectivity index (χ1) is 23.2. The van der Waals surface area contributed by atoms with Gasteiger partial charge in [-0.3, -0.25) is 14.6 Å². The minimum absolute atomic E-state index is 0.0802. The van der Waals surface area contributed by atoms with E-state index in [-0.39, 0.29) is 43.7 Å². The molecular formula is C35H36BClN6O5. The number of methoxy groups -OCH3 is 1. The Kier molecular flexibility index (Phi) is 10.1. The summed E-state index contributed by atoms with van der Waals surface area (Å²) in [4.78, 5) is 33.6. The number of rotatable bonds is 10. The zero-order valence-corrected chi connectivity index (χ0v) is 27.2. The van der Waals surface area contributed by atoms with Crippen molar-refractivity contribution in [1.82, 2.24) is 21.5 Å². The Bertz CT molecular complexity index is 1840. The summed E-state index contributed by atoms with van der Waals surface area (Å²) in [7, 11) is -0.0139. The quantitative estimate of drug-likeness (QED) is 0.112. The van der Waals surface area contributed by atoms with Gasteiger partial charge in [0.25, 0.3) is 5.91 Å². The van der Waals surface area contributed by atoms with Crippen molar-refractivity contribution >= 4 is 47.4 Å². The predicted molar refractivity (Wildman–Crippen MR) is 188 cm³/mol. The molecule has 4 aromatic rings. The van der Waals surface area contributed by atoms with Gasteiger partial charge in [0.1, 0.15) is 11.9 Å². The Morgan fingerprint density at radius 1 is 0.917 bits per heavy atom. The molecule has 11 nitrogen and oxygen atoms in total. The second-order valence-corrected chi connectivity index (χ2v) is 12.0. The van der Waals surface area contributed by atoms with Crippen molar-refractivity contribution in [2.45, 2.75) is 31.7 Å². The van der Waals surface area contributed by atoms with Crippen LogP contribution in [0.3, 0.4) is 0 Å². The fraction of sp³-hybridized carbons (Fsp3) is 0.229. The summed E-state index contributed by atoms with van der Waals surface area (Å²) < 4.78 is 5.56. The van der Waals surface area contributed by atoms with E-state index in [9.17, 15) is 19.6 Å². The molecule has 13 heteroatoms. The molecule has 0 aliphatic carbocycles. The van der Waals surface area contributed by atoms with Crippen LogP contribution >= 0.6 is 11.6 Å². The Morgan fingerprint density at radius 3 is 2.46 bits per heavy atom. The second kappa shape index (κ2) is 14.6. The van der Waals surface area contributed by atoms with Gasteiger partial charge in [0, 0.05) is 40.5 Å². The molecule has 0 saturated carbocycles. The normalized spacial score (nSPS) is 18.2. The lowest BCUT2D eigenvalue weighted by Crippen LogP contribution is -2.48. The van der Waals surface area contributed by atoms with Gasteiger partial charge in [0.2, 0.25) is 5.91 Å². The first kappa shape index (κ1) is 33.2. The van der Waals surface area contributed by atoms with Crippen LogP contribution in [0.15, 0.2) is 96.0 Å². The number of anilines is 1. The number of hydrogen-bond donors (Lipinski definition) is 6. The van der Waals surface area contributed by atoms with Crippen molar-refractivity contribution in [2.24, 2.45) is 4.99 Å². The lowest BCUT2D eigenvalue weighted by atomic mass is 9.75. The van der Waals surface area contributed by atoms with E-state index in [1.807, 2.05) is 49.4 Å². The summed E-state index contributed by atoms with van der Waals surface area (Å²) in [5, 5.41) is 25.9. The standard InChI is InChI=1S/C35H36BClN6O5/c1-21-41-42-34-30(40-33(22-10-12-25(37)13-11-22)28-19-26(48-2)14-15-31(28)43(21)34)20-32(44)38-16-17-39-35(45)24-7-5-6-23(18-24)27-8-3-4-9-29(27)36(46)47/h3-15,18-19,21,30,34,41-42,46-47H,16-17,20H2,1-2H3,(H,38,44)(H,39,45)/t21?,30-,34?/m0/s1. The number of halogens is 1. The van der Waals surface area contributed by atoms with Gasteiger partial charge < -0.3 is 30.3 Å². The summed E-state index contributed by atoms with van der Waals surface area (Å²) in [5.41, 5.74) is 12.1. The molecule has 0 radical (unpaired) electrons. The number of nitrogens with zero attached hydrogens (tertiary/aromatic N) is 2. The fourth-order valence-electron chi connectivity index (χ4n) is 6.14. The highest BCUT2D eigenvalue weighted by Crippen LogP contribution is 2.36. The predicted octanol–water partition coefficient (Wildman–Crippen LogP) is 2.44. The van der Waals surface area contributed by atoms with Crippen LogP contribution < -0.4 is 36.6 Å². The van der Waals surface area contributed by atoms with E-state index < -0.39 is 13.2 Å².